The van der Waals surface area contributed by atoms with Gasteiger partial charge in [-0.2, -0.15) is 4.31 Å². The van der Waals surface area contributed by atoms with Gasteiger partial charge in [-0.05, 0) is 44.9 Å². The molecular weight excluding hydrogens is 378 g/mol. The molecule has 1 aromatic carbocycles. The van der Waals surface area contributed by atoms with Crippen LogP contribution in [0.1, 0.15) is 25.0 Å². The Kier molecular flexibility index (Phi) is 6.44. The number of sulfonamides is 1. The fourth-order valence-corrected chi connectivity index (χ4v) is 5.74. The molecular formula is C20H31N3O4S. The molecule has 0 aromatic heterocycles. The summed E-state index contributed by atoms with van der Waals surface area (Å²) in [7, 11) is -3.54. The normalized spacial score (nSPS) is 25.1. The maximum absolute atomic E-state index is 13.0. The number of rotatable bonds is 4. The third-order valence-corrected chi connectivity index (χ3v) is 7.45. The quantitative estimate of drug-likeness (QED) is 0.749. The Morgan fingerprint density at radius 3 is 2.29 bits per heavy atom. The molecule has 0 saturated carbocycles. The summed E-state index contributed by atoms with van der Waals surface area (Å²) in [6, 6.07) is 5.48. The number of piperazine rings is 1. The summed E-state index contributed by atoms with van der Waals surface area (Å²) in [4.78, 5) is 16.9. The van der Waals surface area contributed by atoms with Crippen molar-refractivity contribution in [2.75, 3.05) is 45.8 Å². The van der Waals surface area contributed by atoms with E-state index in [-0.39, 0.29) is 18.1 Å². The van der Waals surface area contributed by atoms with Gasteiger partial charge in [-0.15, -0.1) is 0 Å². The predicted octanol–water partition coefficient (Wildman–Crippen LogP) is 1.25. The van der Waals surface area contributed by atoms with Crippen LogP contribution in [0, 0.1) is 13.8 Å². The number of carbonyl (C=O) groups excluding carboxylic acids is 1. The van der Waals surface area contributed by atoms with Crippen LogP contribution in [0.25, 0.3) is 0 Å². The van der Waals surface area contributed by atoms with Crippen LogP contribution < -0.4 is 0 Å². The summed E-state index contributed by atoms with van der Waals surface area (Å²) in [5.74, 6) is 0.0603. The molecule has 7 nitrogen and oxygen atoms in total. The van der Waals surface area contributed by atoms with E-state index in [1.165, 1.54) is 4.31 Å². The monoisotopic (exact) mass is 409 g/mol. The molecule has 0 N–H and O–H groups in total. The Balaban J connectivity index is 1.59. The van der Waals surface area contributed by atoms with E-state index in [0.29, 0.717) is 37.6 Å². The lowest BCUT2D eigenvalue weighted by molar-refractivity contribution is -0.137. The Hall–Kier alpha value is -1.48. The first-order valence-electron chi connectivity index (χ1n) is 9.90. The molecule has 0 radical (unpaired) electrons. The fourth-order valence-electron chi connectivity index (χ4n) is 4.01. The minimum Gasteiger partial charge on any atom is -0.373 e. The lowest BCUT2D eigenvalue weighted by atomic mass is 10.2. The van der Waals surface area contributed by atoms with Gasteiger partial charge >= 0.3 is 0 Å². The molecule has 1 aromatic rings. The summed E-state index contributed by atoms with van der Waals surface area (Å²) < 4.78 is 33.3. The van der Waals surface area contributed by atoms with Crippen molar-refractivity contribution in [1.29, 1.82) is 0 Å². The summed E-state index contributed by atoms with van der Waals surface area (Å²) in [5, 5.41) is 0. The van der Waals surface area contributed by atoms with E-state index in [9.17, 15) is 13.2 Å². The number of ether oxygens (including phenoxy) is 1. The van der Waals surface area contributed by atoms with Gasteiger partial charge in [-0.25, -0.2) is 8.42 Å². The molecule has 156 valence electrons. The number of carbonyl (C=O) groups is 1. The molecule has 0 spiro atoms. The van der Waals surface area contributed by atoms with Gasteiger partial charge in [0.25, 0.3) is 0 Å². The molecule has 0 unspecified atom stereocenters. The van der Waals surface area contributed by atoms with Crippen molar-refractivity contribution in [2.24, 2.45) is 0 Å². The van der Waals surface area contributed by atoms with Crippen LogP contribution in [0.5, 0.6) is 0 Å². The van der Waals surface area contributed by atoms with Crippen LogP contribution in [-0.2, 0) is 19.6 Å². The van der Waals surface area contributed by atoms with Crippen LogP contribution in [0.15, 0.2) is 23.1 Å². The maximum Gasteiger partial charge on any atom is 0.243 e. The first kappa shape index (κ1) is 21.2. The van der Waals surface area contributed by atoms with Gasteiger partial charge in [-0.1, -0.05) is 12.1 Å². The van der Waals surface area contributed by atoms with Crippen LogP contribution in [0.4, 0.5) is 0 Å². The Morgan fingerprint density at radius 1 is 1.07 bits per heavy atom. The van der Waals surface area contributed by atoms with Crippen LogP contribution in [-0.4, -0.2) is 86.5 Å². The smallest absolute Gasteiger partial charge is 0.243 e. The maximum atomic E-state index is 13.0. The minimum atomic E-state index is -3.54. The number of aryl methyl sites for hydroxylation is 2. The van der Waals surface area contributed by atoms with Crippen molar-refractivity contribution in [3.63, 3.8) is 0 Å². The third-order valence-electron chi connectivity index (χ3n) is 5.41. The van der Waals surface area contributed by atoms with Crippen molar-refractivity contribution in [1.82, 2.24) is 14.1 Å². The number of hydrogen-bond donors (Lipinski definition) is 0. The minimum absolute atomic E-state index is 0.0603. The highest BCUT2D eigenvalue weighted by atomic mass is 32.2. The molecule has 2 aliphatic heterocycles. The van der Waals surface area contributed by atoms with Crippen molar-refractivity contribution in [3.8, 4) is 0 Å². The van der Waals surface area contributed by atoms with E-state index < -0.39 is 10.0 Å². The zero-order chi connectivity index (χ0) is 20.5. The molecule has 2 saturated heterocycles. The van der Waals surface area contributed by atoms with Crippen LogP contribution in [0.2, 0.25) is 0 Å². The molecule has 0 aliphatic carbocycles. The van der Waals surface area contributed by atoms with E-state index in [1.807, 2.05) is 39.8 Å². The van der Waals surface area contributed by atoms with E-state index in [4.69, 9.17) is 4.74 Å². The molecule has 8 heteroatoms. The van der Waals surface area contributed by atoms with Gasteiger partial charge < -0.3 is 9.64 Å². The Labute approximate surface area is 168 Å². The summed E-state index contributed by atoms with van der Waals surface area (Å²) in [6.45, 7) is 11.1. The fraction of sp³-hybridized carbons (Fsp3) is 0.650. The lowest BCUT2D eigenvalue weighted by Crippen LogP contribution is -2.54. The standard InChI is InChI=1S/C20H31N3O4S/c1-15-5-6-16(2)19(11-15)28(25,26)23-9-7-22(8-10-23)20(24)14-21-12-17(3)27-18(4)13-21/h5-6,11,17-18H,7-10,12-14H2,1-4H3/t17-,18+. The van der Waals surface area contributed by atoms with E-state index in [2.05, 4.69) is 4.90 Å². The van der Waals surface area contributed by atoms with Gasteiger partial charge in [0, 0.05) is 39.3 Å². The topological polar surface area (TPSA) is 70.2 Å². The molecule has 3 rings (SSSR count). The summed E-state index contributed by atoms with van der Waals surface area (Å²) in [5.41, 5.74) is 1.67. The van der Waals surface area contributed by atoms with Crippen LogP contribution in [0.3, 0.4) is 0 Å². The first-order valence-corrected chi connectivity index (χ1v) is 11.3. The average Bonchev–Trinajstić information content (AvgIpc) is 2.63. The van der Waals surface area contributed by atoms with Crippen molar-refractivity contribution >= 4 is 15.9 Å². The highest BCUT2D eigenvalue weighted by Gasteiger charge is 2.32. The van der Waals surface area contributed by atoms with Gasteiger partial charge in [0.15, 0.2) is 0 Å². The van der Waals surface area contributed by atoms with Crippen molar-refractivity contribution in [3.05, 3.63) is 29.3 Å². The van der Waals surface area contributed by atoms with Gasteiger partial charge in [0.2, 0.25) is 15.9 Å². The Bertz CT molecular complexity index is 809. The van der Waals surface area contributed by atoms with Gasteiger partial charge in [0.05, 0.1) is 23.6 Å². The largest absolute Gasteiger partial charge is 0.373 e. The number of benzene rings is 1. The SMILES string of the molecule is Cc1ccc(C)c(S(=O)(=O)N2CCN(C(=O)CN3C[C@@H](C)O[C@@H](C)C3)CC2)c1. The molecule has 0 bridgehead atoms. The number of amides is 1. The second-order valence-corrected chi connectivity index (χ2v) is 9.91. The van der Waals surface area contributed by atoms with Crippen LogP contribution >= 0.6 is 0 Å². The zero-order valence-electron chi connectivity index (χ0n) is 17.2. The second kappa shape index (κ2) is 8.49. The molecule has 2 atom stereocenters. The van der Waals surface area contributed by atoms with Gasteiger partial charge in [0.1, 0.15) is 0 Å². The molecule has 2 heterocycles. The number of morpholine rings is 1. The molecule has 1 amide bonds. The third kappa shape index (κ3) is 4.74. The first-order chi connectivity index (χ1) is 13.2. The van der Waals surface area contributed by atoms with E-state index in [1.54, 1.807) is 11.0 Å². The van der Waals surface area contributed by atoms with Gasteiger partial charge in [-0.3, -0.25) is 9.69 Å². The summed E-state index contributed by atoms with van der Waals surface area (Å²) in [6.07, 6.45) is 0.243. The summed E-state index contributed by atoms with van der Waals surface area (Å²) >= 11 is 0. The number of nitrogens with zero attached hydrogens (tertiary/aromatic N) is 3. The lowest BCUT2D eigenvalue weighted by Gasteiger charge is -2.38. The Morgan fingerprint density at radius 2 is 1.68 bits per heavy atom. The zero-order valence-corrected chi connectivity index (χ0v) is 18.0. The number of hydrogen-bond acceptors (Lipinski definition) is 5. The average molecular weight is 410 g/mol. The van der Waals surface area contributed by atoms with Crippen molar-refractivity contribution < 1.29 is 17.9 Å². The molecule has 2 fully saturated rings. The molecule has 2 aliphatic rings. The second-order valence-electron chi connectivity index (χ2n) is 8.01. The van der Waals surface area contributed by atoms with Crippen molar-refractivity contribution in [2.45, 2.75) is 44.8 Å². The molecule has 28 heavy (non-hydrogen) atoms. The highest BCUT2D eigenvalue weighted by molar-refractivity contribution is 7.89. The van der Waals surface area contributed by atoms with E-state index in [0.717, 1.165) is 24.2 Å². The highest BCUT2D eigenvalue weighted by Crippen LogP contribution is 2.22. The predicted molar refractivity (Wildman–Crippen MR) is 108 cm³/mol. The van der Waals surface area contributed by atoms with E-state index >= 15 is 0 Å².